The van der Waals surface area contributed by atoms with E-state index in [9.17, 15) is 4.79 Å². The van der Waals surface area contributed by atoms with Crippen molar-refractivity contribution < 1.29 is 9.90 Å². The van der Waals surface area contributed by atoms with Gasteiger partial charge in [0.15, 0.2) is 0 Å². The molecule has 4 nitrogen and oxygen atoms in total. The Morgan fingerprint density at radius 2 is 1.89 bits per heavy atom. The van der Waals surface area contributed by atoms with E-state index in [-0.39, 0.29) is 11.8 Å². The van der Waals surface area contributed by atoms with Crippen molar-refractivity contribution in [3.8, 4) is 0 Å². The Kier molecular flexibility index (Phi) is 6.30. The van der Waals surface area contributed by atoms with Crippen molar-refractivity contribution in [2.45, 2.75) is 31.7 Å². The van der Waals surface area contributed by atoms with Gasteiger partial charge in [-0.15, -0.1) is 0 Å². The lowest BCUT2D eigenvalue weighted by molar-refractivity contribution is -0.144. The molecule has 1 unspecified atom stereocenters. The number of carbonyl (C=O) groups is 1. The molecule has 0 bridgehead atoms. The third kappa shape index (κ3) is 4.57. The Labute approximate surface area is 169 Å². The monoisotopic (exact) mass is 406 g/mol. The van der Waals surface area contributed by atoms with E-state index in [4.69, 9.17) is 34.0 Å². The van der Waals surface area contributed by atoms with Crippen LogP contribution < -0.4 is 5.73 Å². The molecule has 1 aliphatic heterocycles. The molecule has 0 radical (unpaired) electrons. The number of para-hydroxylation sites is 1. The molecule has 1 atom stereocenters. The molecular formula is C21H24Cl2N2O2. The molecule has 27 heavy (non-hydrogen) atoms. The fourth-order valence-corrected chi connectivity index (χ4v) is 4.16. The lowest BCUT2D eigenvalue weighted by atomic mass is 9.84. The SMILES string of the molecule is CN1Cc2c(Cl)cc(Cl)cc2C(c2ccccc2N)C1.O=C(O)C1CCC1. The average molecular weight is 407 g/mol. The molecule has 0 saturated heterocycles. The van der Waals surface area contributed by atoms with Crippen molar-refractivity contribution in [3.05, 3.63) is 63.1 Å². The van der Waals surface area contributed by atoms with Gasteiger partial charge < -0.3 is 15.7 Å². The molecule has 2 aliphatic rings. The molecule has 1 aliphatic carbocycles. The standard InChI is InChI=1S/C16H16Cl2N2.C5H8O2/c1-20-8-13(11-4-2-3-5-16(11)19)12-6-10(17)7-15(18)14(12)9-20;6-5(7)4-2-1-3-4/h2-7,13H,8-9,19H2,1H3;4H,1-3H2,(H,6,7). The second kappa shape index (κ2) is 8.51. The predicted octanol–water partition coefficient (Wildman–Crippen LogP) is 5.02. The van der Waals surface area contributed by atoms with Crippen LogP contribution in [0.25, 0.3) is 0 Å². The van der Waals surface area contributed by atoms with Crippen molar-refractivity contribution in [2.75, 3.05) is 19.3 Å². The van der Waals surface area contributed by atoms with Gasteiger partial charge in [-0.1, -0.05) is 47.8 Å². The summed E-state index contributed by atoms with van der Waals surface area (Å²) in [4.78, 5) is 12.2. The summed E-state index contributed by atoms with van der Waals surface area (Å²) in [6.45, 7) is 1.76. The number of benzene rings is 2. The molecule has 0 spiro atoms. The molecule has 3 N–H and O–H groups in total. The van der Waals surface area contributed by atoms with Crippen LogP contribution in [0.3, 0.4) is 0 Å². The van der Waals surface area contributed by atoms with Crippen molar-refractivity contribution in [3.63, 3.8) is 0 Å². The first-order valence-electron chi connectivity index (χ1n) is 9.10. The topological polar surface area (TPSA) is 66.6 Å². The molecule has 0 aromatic heterocycles. The van der Waals surface area contributed by atoms with E-state index in [2.05, 4.69) is 18.0 Å². The van der Waals surface area contributed by atoms with E-state index < -0.39 is 5.97 Å². The Morgan fingerprint density at radius 3 is 2.44 bits per heavy atom. The quantitative estimate of drug-likeness (QED) is 0.686. The Hall–Kier alpha value is -1.75. The summed E-state index contributed by atoms with van der Waals surface area (Å²) in [7, 11) is 2.10. The normalized spacial score (nSPS) is 19.4. The summed E-state index contributed by atoms with van der Waals surface area (Å²) in [5.74, 6) is -0.410. The number of nitrogen functional groups attached to an aromatic ring is 1. The highest BCUT2D eigenvalue weighted by atomic mass is 35.5. The van der Waals surface area contributed by atoms with Gasteiger partial charge in [0, 0.05) is 34.7 Å². The van der Waals surface area contributed by atoms with Crippen molar-refractivity contribution in [1.82, 2.24) is 4.90 Å². The van der Waals surface area contributed by atoms with Gasteiger partial charge in [0.1, 0.15) is 0 Å². The van der Waals surface area contributed by atoms with Crippen LogP contribution in [-0.2, 0) is 11.3 Å². The lowest BCUT2D eigenvalue weighted by Crippen LogP contribution is -2.31. The first-order chi connectivity index (χ1) is 12.9. The fourth-order valence-electron chi connectivity index (χ4n) is 3.59. The van der Waals surface area contributed by atoms with Gasteiger partial charge in [-0.3, -0.25) is 4.79 Å². The largest absolute Gasteiger partial charge is 0.481 e. The fraction of sp³-hybridized carbons (Fsp3) is 0.381. The summed E-state index contributed by atoms with van der Waals surface area (Å²) in [5.41, 5.74) is 10.4. The highest BCUT2D eigenvalue weighted by Gasteiger charge is 2.28. The van der Waals surface area contributed by atoms with Crippen LogP contribution in [0.1, 0.15) is 41.9 Å². The van der Waals surface area contributed by atoms with Gasteiger partial charge in [0.2, 0.25) is 0 Å². The highest BCUT2D eigenvalue weighted by molar-refractivity contribution is 6.35. The van der Waals surface area contributed by atoms with E-state index in [0.29, 0.717) is 5.02 Å². The van der Waals surface area contributed by atoms with Crippen LogP contribution >= 0.6 is 23.2 Å². The smallest absolute Gasteiger partial charge is 0.306 e. The van der Waals surface area contributed by atoms with Crippen LogP contribution in [0.2, 0.25) is 10.0 Å². The van der Waals surface area contributed by atoms with Gasteiger partial charge in [-0.2, -0.15) is 0 Å². The molecule has 0 amide bonds. The number of hydrogen-bond acceptors (Lipinski definition) is 3. The highest BCUT2D eigenvalue weighted by Crippen LogP contribution is 2.39. The number of carboxylic acid groups (broad SMARTS) is 1. The molecule has 1 saturated carbocycles. The first kappa shape index (κ1) is 20.0. The van der Waals surface area contributed by atoms with Gasteiger partial charge in [0.25, 0.3) is 0 Å². The summed E-state index contributed by atoms with van der Waals surface area (Å²) >= 11 is 12.5. The Morgan fingerprint density at radius 1 is 1.19 bits per heavy atom. The van der Waals surface area contributed by atoms with Gasteiger partial charge in [-0.05, 0) is 54.8 Å². The van der Waals surface area contributed by atoms with Crippen LogP contribution in [0.4, 0.5) is 5.69 Å². The van der Waals surface area contributed by atoms with Crippen LogP contribution in [0.5, 0.6) is 0 Å². The molecule has 2 aromatic carbocycles. The minimum Gasteiger partial charge on any atom is -0.481 e. The van der Waals surface area contributed by atoms with E-state index in [1.165, 1.54) is 5.56 Å². The third-order valence-corrected chi connectivity index (χ3v) is 5.87. The zero-order chi connectivity index (χ0) is 19.6. The van der Waals surface area contributed by atoms with Crippen LogP contribution in [-0.4, -0.2) is 29.6 Å². The summed E-state index contributed by atoms with van der Waals surface area (Å²) < 4.78 is 0. The van der Waals surface area contributed by atoms with Gasteiger partial charge >= 0.3 is 5.97 Å². The molecule has 144 valence electrons. The van der Waals surface area contributed by atoms with Crippen LogP contribution in [0, 0.1) is 5.92 Å². The third-order valence-electron chi connectivity index (χ3n) is 5.32. The number of nitrogens with zero attached hydrogens (tertiary/aromatic N) is 1. The molecule has 1 fully saturated rings. The Bertz CT molecular complexity index is 837. The maximum absolute atomic E-state index is 9.98. The van der Waals surface area contributed by atoms with E-state index >= 15 is 0 Å². The van der Waals surface area contributed by atoms with Crippen molar-refractivity contribution in [2.24, 2.45) is 5.92 Å². The summed E-state index contributed by atoms with van der Waals surface area (Å²) in [6, 6.07) is 11.8. The number of fused-ring (bicyclic) bond motifs is 1. The van der Waals surface area contributed by atoms with Crippen molar-refractivity contribution >= 4 is 34.9 Å². The molecule has 2 aromatic rings. The maximum atomic E-state index is 9.98. The zero-order valence-corrected chi connectivity index (χ0v) is 16.8. The second-order valence-electron chi connectivity index (χ2n) is 7.30. The van der Waals surface area contributed by atoms with E-state index in [1.807, 2.05) is 30.3 Å². The van der Waals surface area contributed by atoms with Crippen molar-refractivity contribution in [1.29, 1.82) is 0 Å². The molecule has 6 heteroatoms. The molecule has 1 heterocycles. The number of rotatable bonds is 2. The lowest BCUT2D eigenvalue weighted by Gasteiger charge is -2.33. The predicted molar refractivity (Wildman–Crippen MR) is 110 cm³/mol. The number of aliphatic carboxylic acids is 1. The van der Waals surface area contributed by atoms with E-state index in [0.717, 1.165) is 54.2 Å². The Balaban J connectivity index is 0.000000253. The second-order valence-corrected chi connectivity index (χ2v) is 8.14. The average Bonchev–Trinajstić information content (AvgIpc) is 2.54. The van der Waals surface area contributed by atoms with Gasteiger partial charge in [0.05, 0.1) is 5.92 Å². The minimum absolute atomic E-state index is 0.000000000000000444. The van der Waals surface area contributed by atoms with Gasteiger partial charge in [-0.25, -0.2) is 0 Å². The number of anilines is 1. The summed E-state index contributed by atoms with van der Waals surface area (Å²) in [5, 5.41) is 9.65. The zero-order valence-electron chi connectivity index (χ0n) is 15.3. The number of likely N-dealkylation sites (N-methyl/N-ethyl adjacent to an activating group) is 1. The maximum Gasteiger partial charge on any atom is 0.306 e. The van der Waals surface area contributed by atoms with E-state index in [1.54, 1.807) is 0 Å². The molecular weight excluding hydrogens is 383 g/mol. The number of nitrogens with two attached hydrogens (primary N) is 1. The number of hydrogen-bond donors (Lipinski definition) is 2. The minimum atomic E-state index is -0.619. The molecule has 4 rings (SSSR count). The summed E-state index contributed by atoms with van der Waals surface area (Å²) in [6.07, 6.45) is 2.90. The number of carboxylic acids is 1. The first-order valence-corrected chi connectivity index (χ1v) is 9.86. The van der Waals surface area contributed by atoms with Crippen LogP contribution in [0.15, 0.2) is 36.4 Å². The number of halogens is 2.